The summed E-state index contributed by atoms with van der Waals surface area (Å²) in [6, 6.07) is 0. The first-order chi connectivity index (χ1) is 9.52. The third-order valence-electron chi connectivity index (χ3n) is 4.80. The predicted molar refractivity (Wildman–Crippen MR) is 83.0 cm³/mol. The smallest absolute Gasteiger partial charge is 0.0847 e. The third-order valence-corrected chi connectivity index (χ3v) is 5.29. The van der Waals surface area contributed by atoms with Gasteiger partial charge >= 0.3 is 0 Å². The molecule has 2 rings (SSSR count). The maximum atomic E-state index is 10.5. The topological polar surface area (TPSA) is 38.1 Å². The van der Waals surface area contributed by atoms with Crippen LogP contribution in [0.3, 0.4) is 0 Å². The average Bonchev–Trinajstić information content (AvgIpc) is 2.66. The quantitative estimate of drug-likeness (QED) is 0.895. The molecular formula is C16H27ClN2O. The Morgan fingerprint density at radius 1 is 1.35 bits per heavy atom. The Balaban J connectivity index is 1.91. The Bertz CT molecular complexity index is 436. The fourth-order valence-electron chi connectivity index (χ4n) is 3.54. The van der Waals surface area contributed by atoms with E-state index in [0.29, 0.717) is 17.4 Å². The molecule has 1 unspecified atom stereocenters. The highest BCUT2D eigenvalue weighted by atomic mass is 35.5. The van der Waals surface area contributed by atoms with Gasteiger partial charge in [-0.3, -0.25) is 4.68 Å². The van der Waals surface area contributed by atoms with Crippen molar-refractivity contribution >= 4 is 11.6 Å². The molecular weight excluding hydrogens is 272 g/mol. The Kier molecular flexibility index (Phi) is 5.50. The second-order valence-electron chi connectivity index (χ2n) is 6.31. The largest absolute Gasteiger partial charge is 0.392 e. The van der Waals surface area contributed by atoms with E-state index in [-0.39, 0.29) is 6.10 Å². The van der Waals surface area contributed by atoms with Crippen LogP contribution in [0.1, 0.15) is 56.8 Å². The molecule has 1 aliphatic rings. The van der Waals surface area contributed by atoms with Crippen molar-refractivity contribution in [2.75, 3.05) is 0 Å². The minimum atomic E-state index is -0.287. The van der Waals surface area contributed by atoms with E-state index in [1.165, 1.54) is 25.7 Å². The summed E-state index contributed by atoms with van der Waals surface area (Å²) in [4.78, 5) is 0. The molecule has 1 aliphatic carbocycles. The van der Waals surface area contributed by atoms with E-state index in [0.717, 1.165) is 30.1 Å². The molecule has 20 heavy (non-hydrogen) atoms. The van der Waals surface area contributed by atoms with Crippen LogP contribution in [-0.4, -0.2) is 21.0 Å². The normalized spacial score (nSPS) is 24.9. The Labute approximate surface area is 127 Å². The molecule has 0 radical (unpaired) electrons. The Hall–Kier alpha value is -0.540. The molecule has 1 N–H and O–H groups in total. The number of aliphatic hydroxyl groups excluding tert-OH is 1. The highest BCUT2D eigenvalue weighted by Gasteiger charge is 2.27. The summed E-state index contributed by atoms with van der Waals surface area (Å²) >= 11 is 6.27. The summed E-state index contributed by atoms with van der Waals surface area (Å²) in [5.74, 6) is 1.31. The van der Waals surface area contributed by atoms with Crippen molar-refractivity contribution in [2.45, 2.75) is 64.9 Å². The molecule has 0 aliphatic heterocycles. The maximum absolute atomic E-state index is 10.5. The van der Waals surface area contributed by atoms with E-state index < -0.39 is 0 Å². The maximum Gasteiger partial charge on any atom is 0.0847 e. The van der Waals surface area contributed by atoms with E-state index in [4.69, 9.17) is 11.6 Å². The number of aliphatic hydroxyl groups is 1. The van der Waals surface area contributed by atoms with Crippen LogP contribution < -0.4 is 0 Å². The number of hydrogen-bond donors (Lipinski definition) is 1. The van der Waals surface area contributed by atoms with Crippen LogP contribution in [0.25, 0.3) is 0 Å². The predicted octanol–water partition coefficient (Wildman–Crippen LogP) is 3.89. The first-order valence-electron chi connectivity index (χ1n) is 7.89. The molecule has 0 amide bonds. The molecule has 1 aromatic heterocycles. The van der Waals surface area contributed by atoms with E-state index in [2.05, 4.69) is 12.0 Å². The SMILES string of the molecule is CCCC1CCC(C(O)Cc2c(Cl)c(C)nn2C)CC1. The van der Waals surface area contributed by atoms with Crippen molar-refractivity contribution in [1.29, 1.82) is 0 Å². The molecule has 4 heteroatoms. The number of aromatic nitrogens is 2. The monoisotopic (exact) mass is 298 g/mol. The lowest BCUT2D eigenvalue weighted by molar-refractivity contribution is 0.0714. The van der Waals surface area contributed by atoms with E-state index in [9.17, 15) is 5.11 Å². The first kappa shape index (κ1) is 15.8. The van der Waals surface area contributed by atoms with Gasteiger partial charge in [-0.25, -0.2) is 0 Å². The lowest BCUT2D eigenvalue weighted by atomic mass is 9.77. The van der Waals surface area contributed by atoms with Gasteiger partial charge in [0.25, 0.3) is 0 Å². The van der Waals surface area contributed by atoms with E-state index >= 15 is 0 Å². The molecule has 0 spiro atoms. The van der Waals surface area contributed by atoms with E-state index in [1.807, 2.05) is 18.7 Å². The van der Waals surface area contributed by atoms with Crippen molar-refractivity contribution in [3.05, 3.63) is 16.4 Å². The fourth-order valence-corrected chi connectivity index (χ4v) is 3.77. The van der Waals surface area contributed by atoms with Crippen LogP contribution in [0.5, 0.6) is 0 Å². The number of rotatable bonds is 5. The second-order valence-corrected chi connectivity index (χ2v) is 6.69. The zero-order chi connectivity index (χ0) is 14.7. The minimum Gasteiger partial charge on any atom is -0.392 e. The molecule has 1 heterocycles. The summed E-state index contributed by atoms with van der Waals surface area (Å²) in [6.07, 6.45) is 7.81. The lowest BCUT2D eigenvalue weighted by Gasteiger charge is -2.31. The van der Waals surface area contributed by atoms with Gasteiger partial charge in [-0.05, 0) is 31.6 Å². The molecule has 0 bridgehead atoms. The summed E-state index contributed by atoms with van der Waals surface area (Å²) in [7, 11) is 1.90. The van der Waals surface area contributed by atoms with Gasteiger partial charge < -0.3 is 5.11 Å². The zero-order valence-corrected chi connectivity index (χ0v) is 13.7. The van der Waals surface area contributed by atoms with Crippen LogP contribution >= 0.6 is 11.6 Å². The van der Waals surface area contributed by atoms with Gasteiger partial charge in [0, 0.05) is 13.5 Å². The van der Waals surface area contributed by atoms with Gasteiger partial charge in [-0.2, -0.15) is 5.10 Å². The second kappa shape index (κ2) is 6.95. The van der Waals surface area contributed by atoms with Crippen LogP contribution in [0.15, 0.2) is 0 Å². The van der Waals surface area contributed by atoms with Crippen LogP contribution in [-0.2, 0) is 13.5 Å². The number of aryl methyl sites for hydroxylation is 2. The molecule has 1 atom stereocenters. The molecule has 1 aromatic rings. The summed E-state index contributed by atoms with van der Waals surface area (Å²) < 4.78 is 1.81. The zero-order valence-electron chi connectivity index (χ0n) is 12.9. The number of halogens is 1. The lowest BCUT2D eigenvalue weighted by Crippen LogP contribution is -2.28. The van der Waals surface area contributed by atoms with Gasteiger partial charge in [-0.15, -0.1) is 0 Å². The van der Waals surface area contributed by atoms with Crippen LogP contribution in [0.4, 0.5) is 0 Å². The van der Waals surface area contributed by atoms with Gasteiger partial charge in [-0.1, -0.05) is 44.2 Å². The molecule has 0 aromatic carbocycles. The summed E-state index contributed by atoms with van der Waals surface area (Å²) in [6.45, 7) is 4.17. The van der Waals surface area contributed by atoms with Crippen molar-refractivity contribution < 1.29 is 5.11 Å². The van der Waals surface area contributed by atoms with Gasteiger partial charge in [0.15, 0.2) is 0 Å². The third kappa shape index (κ3) is 3.56. The van der Waals surface area contributed by atoms with Gasteiger partial charge in [0.1, 0.15) is 0 Å². The van der Waals surface area contributed by atoms with Crippen LogP contribution in [0.2, 0.25) is 5.02 Å². The standard InChI is InChI=1S/C16H27ClN2O/c1-4-5-12-6-8-13(9-7-12)15(20)10-14-16(17)11(2)18-19(14)3/h12-13,15,20H,4-10H2,1-3H3. The molecule has 114 valence electrons. The number of nitrogens with zero attached hydrogens (tertiary/aromatic N) is 2. The minimum absolute atomic E-state index is 0.287. The van der Waals surface area contributed by atoms with Crippen molar-refractivity contribution in [3.63, 3.8) is 0 Å². The van der Waals surface area contributed by atoms with Crippen molar-refractivity contribution in [2.24, 2.45) is 18.9 Å². The Morgan fingerprint density at radius 3 is 2.50 bits per heavy atom. The van der Waals surface area contributed by atoms with Gasteiger partial charge in [0.2, 0.25) is 0 Å². The molecule has 1 fully saturated rings. The average molecular weight is 299 g/mol. The summed E-state index contributed by atoms with van der Waals surface area (Å²) in [5.41, 5.74) is 1.82. The molecule has 3 nitrogen and oxygen atoms in total. The van der Waals surface area contributed by atoms with Crippen LogP contribution in [0, 0.1) is 18.8 Å². The van der Waals surface area contributed by atoms with Gasteiger partial charge in [0.05, 0.1) is 22.5 Å². The first-order valence-corrected chi connectivity index (χ1v) is 8.26. The highest BCUT2D eigenvalue weighted by Crippen LogP contribution is 2.34. The fraction of sp³-hybridized carbons (Fsp3) is 0.812. The Morgan fingerprint density at radius 2 is 2.00 bits per heavy atom. The van der Waals surface area contributed by atoms with E-state index in [1.54, 1.807) is 0 Å². The summed E-state index contributed by atoms with van der Waals surface area (Å²) in [5, 5.41) is 15.5. The number of hydrogen-bond acceptors (Lipinski definition) is 2. The highest BCUT2D eigenvalue weighted by molar-refractivity contribution is 6.31. The molecule has 0 saturated heterocycles. The van der Waals surface area contributed by atoms with Crippen molar-refractivity contribution in [3.8, 4) is 0 Å². The molecule has 1 saturated carbocycles. The van der Waals surface area contributed by atoms with Crippen molar-refractivity contribution in [1.82, 2.24) is 9.78 Å².